The van der Waals surface area contributed by atoms with E-state index >= 15 is 0 Å². The number of hydrogen-bond donors (Lipinski definition) is 1. The van der Waals surface area contributed by atoms with Crippen LogP contribution in [0.5, 0.6) is 5.75 Å². The second-order valence-corrected chi connectivity index (χ2v) is 9.07. The first-order valence-corrected chi connectivity index (χ1v) is 10.0. The van der Waals surface area contributed by atoms with E-state index in [-0.39, 0.29) is 10.8 Å². The molecule has 1 nitrogen and oxygen atoms in total. The summed E-state index contributed by atoms with van der Waals surface area (Å²) in [4.78, 5) is 0. The molecule has 3 rings (SSSR count). The molecule has 0 aromatic heterocycles. The van der Waals surface area contributed by atoms with Crippen LogP contribution < -0.4 is 0 Å². The molecule has 28 heavy (non-hydrogen) atoms. The van der Waals surface area contributed by atoms with Crippen molar-refractivity contribution in [3.63, 3.8) is 0 Å². The zero-order valence-electron chi connectivity index (χ0n) is 18.2. The van der Waals surface area contributed by atoms with Crippen molar-refractivity contribution in [1.29, 1.82) is 0 Å². The van der Waals surface area contributed by atoms with Gasteiger partial charge in [-0.1, -0.05) is 88.4 Å². The Bertz CT molecular complexity index is 1010. The molecular formula is C27H32O. The van der Waals surface area contributed by atoms with Crippen molar-refractivity contribution in [2.75, 3.05) is 0 Å². The average Bonchev–Trinajstić information content (AvgIpc) is 2.64. The topological polar surface area (TPSA) is 20.2 Å². The molecule has 0 fully saturated rings. The van der Waals surface area contributed by atoms with Crippen molar-refractivity contribution in [1.82, 2.24) is 0 Å². The number of hydrogen-bond acceptors (Lipinski definition) is 1. The van der Waals surface area contributed by atoms with Crippen LogP contribution in [-0.4, -0.2) is 5.11 Å². The van der Waals surface area contributed by atoms with Crippen LogP contribution in [0.3, 0.4) is 0 Å². The predicted octanol–water partition coefficient (Wildman–Crippen LogP) is 6.97. The molecule has 0 bridgehead atoms. The molecular weight excluding hydrogens is 340 g/mol. The van der Waals surface area contributed by atoms with Gasteiger partial charge in [-0.05, 0) is 54.2 Å². The van der Waals surface area contributed by atoms with Crippen LogP contribution in [0.25, 0.3) is 0 Å². The van der Waals surface area contributed by atoms with Crippen LogP contribution in [0.15, 0.2) is 60.7 Å². The molecule has 1 heteroatoms. The van der Waals surface area contributed by atoms with Crippen molar-refractivity contribution in [2.45, 2.75) is 59.3 Å². The Hall–Kier alpha value is -2.54. The molecule has 0 aliphatic carbocycles. The van der Waals surface area contributed by atoms with E-state index in [1.807, 2.05) is 6.92 Å². The largest absolute Gasteiger partial charge is 0.507 e. The van der Waals surface area contributed by atoms with Gasteiger partial charge in [-0.2, -0.15) is 0 Å². The van der Waals surface area contributed by atoms with Gasteiger partial charge >= 0.3 is 0 Å². The molecule has 3 aromatic rings. The SMILES string of the molecule is Cc1ccccc1C(C)(C)c1cc(C)c(O)c(C(C)(C)c2ccccc2C)c1. The standard InChI is InChI=1S/C27H32O/c1-18-12-8-10-14-22(18)26(4,5)21-16-20(3)25(28)24(17-21)27(6,7)23-15-11-9-13-19(23)2/h8-17,28H,1-7H3. The third-order valence-corrected chi connectivity index (χ3v) is 6.33. The first-order chi connectivity index (χ1) is 13.1. The molecule has 0 amide bonds. The molecule has 0 heterocycles. The average molecular weight is 373 g/mol. The highest BCUT2D eigenvalue weighted by molar-refractivity contribution is 5.55. The summed E-state index contributed by atoms with van der Waals surface area (Å²) in [5.74, 6) is 0.401. The number of aryl methyl sites for hydroxylation is 3. The third-order valence-electron chi connectivity index (χ3n) is 6.33. The minimum absolute atomic E-state index is 0.152. The normalized spacial score (nSPS) is 12.2. The van der Waals surface area contributed by atoms with E-state index < -0.39 is 0 Å². The van der Waals surface area contributed by atoms with Gasteiger partial charge in [0.15, 0.2) is 0 Å². The summed E-state index contributed by atoms with van der Waals surface area (Å²) in [5, 5.41) is 11.0. The molecule has 1 N–H and O–H groups in total. The second-order valence-electron chi connectivity index (χ2n) is 9.07. The summed E-state index contributed by atoms with van der Waals surface area (Å²) in [6.07, 6.45) is 0. The van der Waals surface area contributed by atoms with Gasteiger partial charge in [0, 0.05) is 16.4 Å². The number of phenolic OH excluding ortho intramolecular Hbond substituents is 1. The Morgan fingerprint density at radius 3 is 1.54 bits per heavy atom. The van der Waals surface area contributed by atoms with Crippen molar-refractivity contribution >= 4 is 0 Å². The van der Waals surface area contributed by atoms with Gasteiger partial charge in [0.1, 0.15) is 5.75 Å². The summed E-state index contributed by atoms with van der Waals surface area (Å²) in [7, 11) is 0. The molecule has 0 aliphatic rings. The first kappa shape index (κ1) is 20.2. The Balaban J connectivity index is 2.22. The molecule has 3 aromatic carbocycles. The van der Waals surface area contributed by atoms with E-state index in [0.717, 1.165) is 11.1 Å². The predicted molar refractivity (Wildman–Crippen MR) is 119 cm³/mol. The molecule has 146 valence electrons. The smallest absolute Gasteiger partial charge is 0.122 e. The monoisotopic (exact) mass is 372 g/mol. The van der Waals surface area contributed by atoms with E-state index in [0.29, 0.717) is 5.75 Å². The molecule has 0 aliphatic heterocycles. The van der Waals surface area contributed by atoms with Gasteiger partial charge in [0.25, 0.3) is 0 Å². The van der Waals surface area contributed by atoms with Crippen molar-refractivity contribution in [3.05, 3.63) is 99.6 Å². The fourth-order valence-corrected chi connectivity index (χ4v) is 4.47. The van der Waals surface area contributed by atoms with Crippen LogP contribution >= 0.6 is 0 Å². The lowest BCUT2D eigenvalue weighted by Gasteiger charge is -2.33. The van der Waals surface area contributed by atoms with Gasteiger partial charge in [-0.15, -0.1) is 0 Å². The maximum Gasteiger partial charge on any atom is 0.122 e. The Kier molecular flexibility index (Phi) is 5.14. The molecule has 0 saturated carbocycles. The van der Waals surface area contributed by atoms with Crippen molar-refractivity contribution < 1.29 is 5.11 Å². The highest BCUT2D eigenvalue weighted by Crippen LogP contribution is 2.43. The maximum atomic E-state index is 11.0. The summed E-state index contributed by atoms with van der Waals surface area (Å²) < 4.78 is 0. The Morgan fingerprint density at radius 1 is 0.571 bits per heavy atom. The van der Waals surface area contributed by atoms with E-state index in [2.05, 4.69) is 102 Å². The third kappa shape index (κ3) is 3.35. The van der Waals surface area contributed by atoms with Crippen LogP contribution in [0, 0.1) is 20.8 Å². The maximum absolute atomic E-state index is 11.0. The lowest BCUT2D eigenvalue weighted by molar-refractivity contribution is 0.447. The minimum atomic E-state index is -0.294. The Morgan fingerprint density at radius 2 is 1.04 bits per heavy atom. The van der Waals surface area contributed by atoms with Crippen LogP contribution in [0.2, 0.25) is 0 Å². The minimum Gasteiger partial charge on any atom is -0.507 e. The summed E-state index contributed by atoms with van der Waals surface area (Å²) in [6, 6.07) is 21.4. The summed E-state index contributed by atoms with van der Waals surface area (Å²) in [6.45, 7) is 15.3. The molecule has 0 radical (unpaired) electrons. The quantitative estimate of drug-likeness (QED) is 0.524. The fraction of sp³-hybridized carbons (Fsp3) is 0.333. The zero-order chi connectivity index (χ0) is 20.7. The van der Waals surface area contributed by atoms with Gasteiger partial charge in [0.2, 0.25) is 0 Å². The highest BCUT2D eigenvalue weighted by Gasteiger charge is 2.32. The second kappa shape index (κ2) is 7.13. The lowest BCUT2D eigenvalue weighted by Crippen LogP contribution is -2.24. The highest BCUT2D eigenvalue weighted by atomic mass is 16.3. The van der Waals surface area contributed by atoms with Crippen LogP contribution in [0.1, 0.15) is 66.6 Å². The van der Waals surface area contributed by atoms with Gasteiger partial charge in [0.05, 0.1) is 0 Å². The van der Waals surface area contributed by atoms with Crippen LogP contribution in [0.4, 0.5) is 0 Å². The molecule has 0 saturated heterocycles. The Labute approximate surface area is 170 Å². The number of benzene rings is 3. The van der Waals surface area contributed by atoms with Crippen molar-refractivity contribution in [2.24, 2.45) is 0 Å². The van der Waals surface area contributed by atoms with E-state index in [1.165, 1.54) is 27.8 Å². The summed E-state index contributed by atoms with van der Waals surface area (Å²) >= 11 is 0. The van der Waals surface area contributed by atoms with Crippen LogP contribution in [-0.2, 0) is 10.8 Å². The van der Waals surface area contributed by atoms with Gasteiger partial charge in [-0.3, -0.25) is 0 Å². The van der Waals surface area contributed by atoms with Crippen molar-refractivity contribution in [3.8, 4) is 5.75 Å². The number of aromatic hydroxyl groups is 1. The lowest BCUT2D eigenvalue weighted by atomic mass is 9.71. The molecule has 0 unspecified atom stereocenters. The van der Waals surface area contributed by atoms with E-state index in [9.17, 15) is 5.11 Å². The van der Waals surface area contributed by atoms with Gasteiger partial charge in [-0.25, -0.2) is 0 Å². The number of phenols is 1. The number of rotatable bonds is 4. The summed E-state index contributed by atoms with van der Waals surface area (Å²) in [5.41, 5.74) is 7.79. The molecule has 0 atom stereocenters. The van der Waals surface area contributed by atoms with E-state index in [1.54, 1.807) is 0 Å². The molecule has 0 spiro atoms. The van der Waals surface area contributed by atoms with Gasteiger partial charge < -0.3 is 5.11 Å². The first-order valence-electron chi connectivity index (χ1n) is 10.0. The fourth-order valence-electron chi connectivity index (χ4n) is 4.47. The zero-order valence-corrected chi connectivity index (χ0v) is 18.2. The van der Waals surface area contributed by atoms with E-state index in [4.69, 9.17) is 0 Å².